The highest BCUT2D eigenvalue weighted by Gasteiger charge is 2.19. The van der Waals surface area contributed by atoms with Crippen LogP contribution in [-0.2, 0) is 10.0 Å². The number of anilines is 2. The summed E-state index contributed by atoms with van der Waals surface area (Å²) in [6.45, 7) is 0. The van der Waals surface area contributed by atoms with E-state index in [1.807, 2.05) is 0 Å². The van der Waals surface area contributed by atoms with Crippen LogP contribution < -0.4 is 10.5 Å². The minimum Gasteiger partial charge on any atom is -0.398 e. The Hall–Kier alpha value is -2.11. The van der Waals surface area contributed by atoms with E-state index in [1.165, 1.54) is 30.3 Å². The number of rotatable bonds is 3. The monoisotopic (exact) mass is 369 g/mol. The van der Waals surface area contributed by atoms with E-state index in [9.17, 15) is 12.8 Å². The van der Waals surface area contributed by atoms with Crippen LogP contribution in [0.3, 0.4) is 0 Å². The summed E-state index contributed by atoms with van der Waals surface area (Å²) >= 11 is 3.17. The van der Waals surface area contributed by atoms with Gasteiger partial charge in [-0.15, -0.1) is 0 Å². The van der Waals surface area contributed by atoms with Crippen molar-refractivity contribution >= 4 is 37.3 Å². The number of benzene rings is 2. The molecule has 0 aliphatic rings. The molecule has 0 saturated carbocycles. The van der Waals surface area contributed by atoms with Gasteiger partial charge in [0.1, 0.15) is 10.7 Å². The number of hydrogen-bond donors (Lipinski definition) is 2. The zero-order valence-electron chi connectivity index (χ0n) is 10.5. The molecule has 0 atom stereocenters. The molecule has 2 aromatic rings. The number of nitrogens with zero attached hydrogens (tertiary/aromatic N) is 1. The van der Waals surface area contributed by atoms with Crippen molar-refractivity contribution in [1.82, 2.24) is 0 Å². The standard InChI is InChI=1S/C13H9BrFN3O2S/c14-9-2-4-13(11(17)6-9)21(19,20)18-12-3-1-8(7-16)5-10(12)15/h1-6,18H,17H2. The molecule has 0 aliphatic carbocycles. The van der Waals surface area contributed by atoms with Crippen molar-refractivity contribution in [2.24, 2.45) is 0 Å². The van der Waals surface area contributed by atoms with Crippen molar-refractivity contribution in [3.8, 4) is 6.07 Å². The molecule has 0 spiro atoms. The average molecular weight is 370 g/mol. The van der Waals surface area contributed by atoms with Crippen LogP contribution in [0.1, 0.15) is 5.56 Å². The number of nitrogen functional groups attached to an aromatic ring is 1. The maximum atomic E-state index is 13.7. The summed E-state index contributed by atoms with van der Waals surface area (Å²) in [5.74, 6) is -0.840. The van der Waals surface area contributed by atoms with Gasteiger partial charge in [-0.25, -0.2) is 12.8 Å². The number of sulfonamides is 1. The summed E-state index contributed by atoms with van der Waals surface area (Å²) in [4.78, 5) is -0.158. The third kappa shape index (κ3) is 3.32. The predicted octanol–water partition coefficient (Wildman–Crippen LogP) is 2.84. The van der Waals surface area contributed by atoms with Gasteiger partial charge in [0.15, 0.2) is 0 Å². The van der Waals surface area contributed by atoms with Gasteiger partial charge in [0.05, 0.1) is 23.0 Å². The second kappa shape index (κ2) is 5.71. The lowest BCUT2D eigenvalue weighted by molar-refractivity contribution is 0.599. The maximum Gasteiger partial charge on any atom is 0.264 e. The lowest BCUT2D eigenvalue weighted by Gasteiger charge is -2.11. The maximum absolute atomic E-state index is 13.7. The van der Waals surface area contributed by atoms with Crippen molar-refractivity contribution in [2.75, 3.05) is 10.5 Å². The summed E-state index contributed by atoms with van der Waals surface area (Å²) in [5.41, 5.74) is 5.53. The Morgan fingerprint density at radius 2 is 1.95 bits per heavy atom. The Morgan fingerprint density at radius 3 is 2.52 bits per heavy atom. The average Bonchev–Trinajstić information content (AvgIpc) is 2.40. The molecular weight excluding hydrogens is 361 g/mol. The summed E-state index contributed by atoms with van der Waals surface area (Å²) in [5, 5.41) is 8.65. The largest absolute Gasteiger partial charge is 0.398 e. The van der Waals surface area contributed by atoms with Crippen LogP contribution in [0.15, 0.2) is 45.8 Å². The molecule has 0 aliphatic heterocycles. The van der Waals surface area contributed by atoms with Gasteiger partial charge in [-0.05, 0) is 36.4 Å². The molecule has 0 saturated heterocycles. The molecule has 21 heavy (non-hydrogen) atoms. The normalized spacial score (nSPS) is 10.9. The molecule has 0 fully saturated rings. The van der Waals surface area contributed by atoms with Crippen molar-refractivity contribution in [2.45, 2.75) is 4.90 Å². The third-order valence-electron chi connectivity index (χ3n) is 2.60. The number of nitrogens with two attached hydrogens (primary N) is 1. The number of nitrogens with one attached hydrogen (secondary N) is 1. The minimum atomic E-state index is -4.02. The highest BCUT2D eigenvalue weighted by molar-refractivity contribution is 9.10. The quantitative estimate of drug-likeness (QED) is 0.812. The molecule has 3 N–H and O–H groups in total. The van der Waals surface area contributed by atoms with Crippen LogP contribution in [0.5, 0.6) is 0 Å². The summed E-state index contributed by atoms with van der Waals surface area (Å²) in [7, 11) is -4.02. The van der Waals surface area contributed by atoms with Crippen molar-refractivity contribution in [3.63, 3.8) is 0 Å². The molecule has 0 heterocycles. The molecule has 0 radical (unpaired) electrons. The number of hydrogen-bond acceptors (Lipinski definition) is 4. The molecule has 0 bridgehead atoms. The van der Waals surface area contributed by atoms with E-state index < -0.39 is 15.8 Å². The van der Waals surface area contributed by atoms with Crippen molar-refractivity contribution in [3.05, 3.63) is 52.3 Å². The molecule has 2 rings (SSSR count). The SMILES string of the molecule is N#Cc1ccc(NS(=O)(=O)c2ccc(Br)cc2N)c(F)c1. The van der Waals surface area contributed by atoms with Crippen LogP contribution in [-0.4, -0.2) is 8.42 Å². The first-order chi connectivity index (χ1) is 9.83. The second-order valence-corrected chi connectivity index (χ2v) is 6.66. The van der Waals surface area contributed by atoms with Gasteiger partial charge in [-0.2, -0.15) is 5.26 Å². The van der Waals surface area contributed by atoms with E-state index in [-0.39, 0.29) is 21.8 Å². The van der Waals surface area contributed by atoms with E-state index in [1.54, 1.807) is 6.07 Å². The van der Waals surface area contributed by atoms with Gasteiger partial charge in [-0.1, -0.05) is 15.9 Å². The van der Waals surface area contributed by atoms with E-state index in [0.29, 0.717) is 4.47 Å². The first-order valence-electron chi connectivity index (χ1n) is 5.61. The molecule has 5 nitrogen and oxygen atoms in total. The molecule has 0 unspecified atom stereocenters. The Kier molecular flexibility index (Phi) is 4.16. The van der Waals surface area contributed by atoms with Crippen LogP contribution in [0.2, 0.25) is 0 Å². The van der Waals surface area contributed by atoms with E-state index in [4.69, 9.17) is 11.0 Å². The highest BCUT2D eigenvalue weighted by Crippen LogP contribution is 2.26. The van der Waals surface area contributed by atoms with Crippen LogP contribution in [0, 0.1) is 17.1 Å². The summed E-state index contributed by atoms with van der Waals surface area (Å²) in [6.07, 6.45) is 0. The zero-order valence-corrected chi connectivity index (χ0v) is 12.9. The van der Waals surface area contributed by atoms with Gasteiger partial charge < -0.3 is 5.73 Å². The Bertz CT molecular complexity index is 847. The van der Waals surface area contributed by atoms with E-state index in [0.717, 1.165) is 6.07 Å². The van der Waals surface area contributed by atoms with Gasteiger partial charge >= 0.3 is 0 Å². The first-order valence-corrected chi connectivity index (χ1v) is 7.88. The van der Waals surface area contributed by atoms with Crippen LogP contribution >= 0.6 is 15.9 Å². The van der Waals surface area contributed by atoms with Crippen LogP contribution in [0.4, 0.5) is 15.8 Å². The fourth-order valence-electron chi connectivity index (χ4n) is 1.63. The highest BCUT2D eigenvalue weighted by atomic mass is 79.9. The lowest BCUT2D eigenvalue weighted by Crippen LogP contribution is -2.15. The summed E-state index contributed by atoms with van der Waals surface area (Å²) < 4.78 is 40.9. The van der Waals surface area contributed by atoms with Crippen molar-refractivity contribution < 1.29 is 12.8 Å². The predicted molar refractivity (Wildman–Crippen MR) is 80.5 cm³/mol. The number of halogens is 2. The van der Waals surface area contributed by atoms with Crippen molar-refractivity contribution in [1.29, 1.82) is 5.26 Å². The second-order valence-electron chi connectivity index (χ2n) is 4.09. The van der Waals surface area contributed by atoms with Gasteiger partial charge in [0, 0.05) is 4.47 Å². The van der Waals surface area contributed by atoms with E-state index in [2.05, 4.69) is 20.7 Å². The minimum absolute atomic E-state index is 0.0333. The zero-order chi connectivity index (χ0) is 15.6. The molecule has 0 aromatic heterocycles. The number of nitriles is 1. The Balaban J connectivity index is 2.40. The fraction of sp³-hybridized carbons (Fsp3) is 0. The van der Waals surface area contributed by atoms with Crippen LogP contribution in [0.25, 0.3) is 0 Å². The first kappa shape index (κ1) is 15.3. The van der Waals surface area contributed by atoms with E-state index >= 15 is 0 Å². The Morgan fingerprint density at radius 1 is 1.24 bits per heavy atom. The molecule has 108 valence electrons. The fourth-order valence-corrected chi connectivity index (χ4v) is 3.19. The smallest absolute Gasteiger partial charge is 0.264 e. The molecular formula is C13H9BrFN3O2S. The third-order valence-corrected chi connectivity index (χ3v) is 4.54. The molecule has 8 heteroatoms. The molecule has 0 amide bonds. The lowest BCUT2D eigenvalue weighted by atomic mass is 10.2. The van der Waals surface area contributed by atoms with Gasteiger partial charge in [-0.3, -0.25) is 4.72 Å². The molecule has 2 aromatic carbocycles. The van der Waals surface area contributed by atoms with Gasteiger partial charge in [0.25, 0.3) is 10.0 Å². The topological polar surface area (TPSA) is 96.0 Å². The summed E-state index contributed by atoms with van der Waals surface area (Å²) in [6, 6.07) is 9.46. The Labute approximate surface area is 129 Å². The van der Waals surface area contributed by atoms with Gasteiger partial charge in [0.2, 0.25) is 0 Å².